The zero-order valence-corrected chi connectivity index (χ0v) is 21.4. The lowest BCUT2D eigenvalue weighted by Crippen LogP contribution is -2.27. The Morgan fingerprint density at radius 1 is 1.23 bits per heavy atom. The van der Waals surface area contributed by atoms with Crippen LogP contribution in [0.5, 0.6) is 5.75 Å². The van der Waals surface area contributed by atoms with Gasteiger partial charge in [-0.2, -0.15) is 0 Å². The van der Waals surface area contributed by atoms with Gasteiger partial charge in [0.25, 0.3) is 5.56 Å². The second kappa shape index (κ2) is 10.3. The Bertz CT molecular complexity index is 1730. The van der Waals surface area contributed by atoms with Gasteiger partial charge in [0.15, 0.2) is 17.5 Å². The summed E-state index contributed by atoms with van der Waals surface area (Å²) in [6.07, 6.45) is 4.00. The lowest BCUT2D eigenvalue weighted by atomic mass is 10.1. The van der Waals surface area contributed by atoms with E-state index in [2.05, 4.69) is 25.3 Å². The van der Waals surface area contributed by atoms with Crippen molar-refractivity contribution in [1.82, 2.24) is 24.5 Å². The number of pyridine rings is 3. The van der Waals surface area contributed by atoms with Gasteiger partial charge in [-0.1, -0.05) is 11.6 Å². The molecular weight excluding hydrogens is 537 g/mol. The van der Waals surface area contributed by atoms with Gasteiger partial charge < -0.3 is 15.2 Å². The molecule has 0 unspecified atom stereocenters. The molecule has 0 spiro atoms. The van der Waals surface area contributed by atoms with Crippen LogP contribution in [0.15, 0.2) is 41.6 Å². The number of aryl methyl sites for hydroxylation is 1. The predicted molar refractivity (Wildman–Crippen MR) is 136 cm³/mol. The monoisotopic (exact) mass is 560 g/mol. The molecule has 0 saturated carbocycles. The van der Waals surface area contributed by atoms with E-state index in [0.29, 0.717) is 25.2 Å². The number of hydrogen-bond donors (Lipinski definition) is 2. The molecular formula is C26H22ClF3N6O3. The molecule has 0 aliphatic carbocycles. The number of fused-ring (bicyclic) bond motifs is 3. The van der Waals surface area contributed by atoms with Crippen molar-refractivity contribution in [2.24, 2.45) is 0 Å². The first kappa shape index (κ1) is 24.0. The highest BCUT2D eigenvalue weighted by molar-refractivity contribution is 6.31. The Labute approximate surface area is 228 Å². The Morgan fingerprint density at radius 3 is 2.77 bits per heavy atom. The number of anilines is 1. The van der Waals surface area contributed by atoms with E-state index in [1.54, 1.807) is 0 Å². The van der Waals surface area contributed by atoms with Gasteiger partial charge in [-0.05, 0) is 32.8 Å². The average Bonchev–Trinajstić information content (AvgIpc) is 2.88. The molecule has 0 amide bonds. The van der Waals surface area contributed by atoms with Crippen molar-refractivity contribution in [2.75, 3.05) is 11.9 Å². The lowest BCUT2D eigenvalue weighted by molar-refractivity contribution is 0.0688. The highest BCUT2D eigenvalue weighted by Gasteiger charge is 2.27. The van der Waals surface area contributed by atoms with E-state index >= 15 is 4.39 Å². The van der Waals surface area contributed by atoms with E-state index in [1.807, 2.05) is 0 Å². The maximum Gasteiger partial charge on any atom is 0.278 e. The van der Waals surface area contributed by atoms with Crippen molar-refractivity contribution in [2.45, 2.75) is 38.8 Å². The van der Waals surface area contributed by atoms with Crippen LogP contribution in [0.3, 0.4) is 0 Å². The van der Waals surface area contributed by atoms with Crippen LogP contribution in [0.25, 0.3) is 17.1 Å². The number of halogens is 4. The van der Waals surface area contributed by atoms with Crippen LogP contribution in [0.1, 0.15) is 40.2 Å². The molecule has 5 heterocycles. The van der Waals surface area contributed by atoms with Gasteiger partial charge in [0.2, 0.25) is 0 Å². The Kier molecular flexibility index (Phi) is 6.33. The minimum absolute atomic E-state index is 0.0322. The smallest absolute Gasteiger partial charge is 0.278 e. The third-order valence-electron chi connectivity index (χ3n) is 5.85. The van der Waals surface area contributed by atoms with Crippen LogP contribution < -0.4 is 15.6 Å². The molecule has 0 aromatic carbocycles. The van der Waals surface area contributed by atoms with Gasteiger partial charge >= 0.3 is 0 Å². The SMILES string of the molecule is [2H]C([2H])(Oc1cc2n(c(=O)c1Cl)-c1c(cnc(-c3ccnc(C(C)(C)O)n3)c1F)NCCC2)c1ncc(F)cc1F. The molecule has 1 aliphatic heterocycles. The van der Waals surface area contributed by atoms with Gasteiger partial charge in [-0.15, -0.1) is 0 Å². The molecule has 0 fully saturated rings. The number of nitrogens with zero attached hydrogens (tertiary/aromatic N) is 5. The highest BCUT2D eigenvalue weighted by Crippen LogP contribution is 2.34. The molecule has 4 aromatic heterocycles. The van der Waals surface area contributed by atoms with Crippen molar-refractivity contribution in [3.8, 4) is 22.8 Å². The molecule has 39 heavy (non-hydrogen) atoms. The van der Waals surface area contributed by atoms with Crippen molar-refractivity contribution >= 4 is 17.3 Å². The quantitative estimate of drug-likeness (QED) is 0.371. The average molecular weight is 561 g/mol. The number of aromatic nitrogens is 5. The fraction of sp³-hybridized carbons (Fsp3) is 0.269. The standard InChI is InChI=1S/C26H22ClF3N6O3/c1-26(2,38)25-32-7-5-16(35-25)22-21(30)23-17(11-34-22)31-6-3-4-14-9-19(20(27)24(37)36(14)23)39-12-18-15(29)8-13(28)10-33-18/h5,7-11,31,38H,3-4,6,12H2,1-2H3/i12D2. The zero-order chi connectivity index (χ0) is 29.7. The van der Waals surface area contributed by atoms with E-state index in [-0.39, 0.29) is 40.7 Å². The summed E-state index contributed by atoms with van der Waals surface area (Å²) < 4.78 is 66.5. The summed E-state index contributed by atoms with van der Waals surface area (Å²) in [6.45, 7) is 0.380. The molecule has 0 radical (unpaired) electrons. The topological polar surface area (TPSA) is 115 Å². The van der Waals surface area contributed by atoms with Crippen LogP contribution in [0.4, 0.5) is 18.9 Å². The first-order chi connectivity index (χ1) is 19.3. The van der Waals surface area contributed by atoms with Crippen molar-refractivity contribution in [3.05, 3.63) is 86.8 Å². The molecule has 9 nitrogen and oxygen atoms in total. The summed E-state index contributed by atoms with van der Waals surface area (Å²) in [5, 5.41) is 12.7. The lowest BCUT2D eigenvalue weighted by Gasteiger charge is -2.23. The zero-order valence-electron chi connectivity index (χ0n) is 22.6. The van der Waals surface area contributed by atoms with E-state index in [0.717, 1.165) is 4.57 Å². The van der Waals surface area contributed by atoms with Gasteiger partial charge in [0, 0.05) is 30.6 Å². The Hall–Kier alpha value is -4.03. The van der Waals surface area contributed by atoms with Crippen LogP contribution in [-0.2, 0) is 18.6 Å². The molecule has 2 N–H and O–H groups in total. The van der Waals surface area contributed by atoms with Gasteiger partial charge in [0.1, 0.15) is 45.8 Å². The molecule has 0 atom stereocenters. The maximum atomic E-state index is 16.2. The maximum absolute atomic E-state index is 16.2. The molecule has 4 aromatic rings. The second-order valence-corrected chi connectivity index (χ2v) is 9.56. The largest absolute Gasteiger partial charge is 0.485 e. The van der Waals surface area contributed by atoms with Crippen LogP contribution in [0, 0.1) is 17.5 Å². The highest BCUT2D eigenvalue weighted by atomic mass is 35.5. The van der Waals surface area contributed by atoms with Gasteiger partial charge in [-0.25, -0.2) is 28.1 Å². The van der Waals surface area contributed by atoms with Crippen molar-refractivity contribution < 1.29 is 25.8 Å². The van der Waals surface area contributed by atoms with E-state index < -0.39 is 51.6 Å². The fourth-order valence-electron chi connectivity index (χ4n) is 3.99. The minimum Gasteiger partial charge on any atom is -0.485 e. The first-order valence-electron chi connectivity index (χ1n) is 12.7. The summed E-state index contributed by atoms with van der Waals surface area (Å²) in [6, 6.07) is 3.11. The normalized spacial score (nSPS) is 14.2. The summed E-state index contributed by atoms with van der Waals surface area (Å²) in [7, 11) is 0. The molecule has 5 rings (SSSR count). The number of nitrogens with one attached hydrogen (secondary N) is 1. The second-order valence-electron chi connectivity index (χ2n) is 9.18. The van der Waals surface area contributed by atoms with E-state index in [1.165, 1.54) is 38.4 Å². The van der Waals surface area contributed by atoms with Crippen LogP contribution >= 0.6 is 11.6 Å². The first-order valence-corrected chi connectivity index (χ1v) is 12.1. The predicted octanol–water partition coefficient (Wildman–Crippen LogP) is 4.32. The van der Waals surface area contributed by atoms with Crippen LogP contribution in [0.2, 0.25) is 5.02 Å². The van der Waals surface area contributed by atoms with Crippen LogP contribution in [-0.4, -0.2) is 36.2 Å². The van der Waals surface area contributed by atoms with Gasteiger partial charge in [-0.3, -0.25) is 14.3 Å². The fourth-order valence-corrected chi connectivity index (χ4v) is 4.17. The molecule has 202 valence electrons. The van der Waals surface area contributed by atoms with E-state index in [4.69, 9.17) is 19.1 Å². The minimum atomic E-state index is -2.94. The van der Waals surface area contributed by atoms with Crippen molar-refractivity contribution in [3.63, 3.8) is 0 Å². The summed E-state index contributed by atoms with van der Waals surface area (Å²) in [5.41, 5.74) is -3.18. The molecule has 0 bridgehead atoms. The Balaban J connectivity index is 1.65. The molecule has 1 aliphatic rings. The molecule has 13 heteroatoms. The van der Waals surface area contributed by atoms with Crippen molar-refractivity contribution in [1.29, 1.82) is 0 Å². The third-order valence-corrected chi connectivity index (χ3v) is 6.19. The Morgan fingerprint density at radius 2 is 2.03 bits per heavy atom. The van der Waals surface area contributed by atoms with Gasteiger partial charge in [0.05, 0.1) is 26.5 Å². The number of ether oxygens (including phenoxy) is 1. The summed E-state index contributed by atoms with van der Waals surface area (Å²) >= 11 is 6.32. The third kappa shape index (κ3) is 5.17. The van der Waals surface area contributed by atoms with E-state index in [9.17, 15) is 18.7 Å². The molecule has 0 saturated heterocycles. The summed E-state index contributed by atoms with van der Waals surface area (Å²) in [4.78, 5) is 29.5. The number of hydrogen-bond acceptors (Lipinski definition) is 8. The number of aliphatic hydroxyl groups is 1. The summed E-state index contributed by atoms with van der Waals surface area (Å²) in [5.74, 6) is -3.63. The number of rotatable bonds is 5.